The molecule has 1 amide bonds. The third-order valence-corrected chi connectivity index (χ3v) is 11.5. The summed E-state index contributed by atoms with van der Waals surface area (Å²) in [5, 5.41) is 13.4. The van der Waals surface area contributed by atoms with Gasteiger partial charge < -0.3 is 28.8 Å². The molecule has 0 aromatic heterocycles. The first kappa shape index (κ1) is 56.5. The van der Waals surface area contributed by atoms with Crippen LogP contribution in [0.1, 0.15) is 206 Å². The molecule has 2 N–H and O–H groups in total. The number of allylic oxidation sites excluding steroid dienone is 7. The molecule has 0 saturated heterocycles. The van der Waals surface area contributed by atoms with Gasteiger partial charge in [0.15, 0.2) is 0 Å². The van der Waals surface area contributed by atoms with E-state index in [0.29, 0.717) is 17.4 Å². The van der Waals surface area contributed by atoms with Crippen molar-refractivity contribution in [2.45, 2.75) is 219 Å². The number of amides is 1. The molecule has 0 aliphatic heterocycles. The van der Waals surface area contributed by atoms with Crippen molar-refractivity contribution in [2.75, 3.05) is 40.9 Å². The molecule has 0 fully saturated rings. The predicted molar refractivity (Wildman–Crippen MR) is 247 cm³/mol. The number of carbonyl (C=O) groups excluding carboxylic acids is 1. The van der Waals surface area contributed by atoms with E-state index in [0.717, 1.165) is 44.9 Å². The number of rotatable bonds is 43. The minimum Gasteiger partial charge on any atom is -0.756 e. The van der Waals surface area contributed by atoms with Crippen LogP contribution in [-0.4, -0.2) is 68.5 Å². The maximum atomic E-state index is 12.7. The smallest absolute Gasteiger partial charge is 0.268 e. The molecule has 0 aromatic rings. The van der Waals surface area contributed by atoms with Gasteiger partial charge in [-0.05, 0) is 51.4 Å². The van der Waals surface area contributed by atoms with E-state index in [2.05, 4.69) is 48.7 Å². The van der Waals surface area contributed by atoms with E-state index >= 15 is 0 Å². The third-order valence-electron chi connectivity index (χ3n) is 10.5. The highest BCUT2D eigenvalue weighted by Crippen LogP contribution is 2.38. The van der Waals surface area contributed by atoms with Gasteiger partial charge in [-0.25, -0.2) is 0 Å². The number of hydrogen-bond acceptors (Lipinski definition) is 6. The lowest BCUT2D eigenvalue weighted by atomic mass is 10.0. The SMILES string of the molecule is CCC/C=C/C(O)C(COP(=O)([O-])OCC[N+](C)(C)C)NC(=O)CCCCCCCCCCCCCCCCCCCC/C=C\C/C=C\C/C=C\CCCCCCC. The van der Waals surface area contributed by atoms with Crippen LogP contribution in [0, 0.1) is 0 Å². The summed E-state index contributed by atoms with van der Waals surface area (Å²) >= 11 is 0. The van der Waals surface area contributed by atoms with Gasteiger partial charge >= 0.3 is 0 Å². The zero-order valence-electron chi connectivity index (χ0n) is 38.5. The Morgan fingerprint density at radius 2 is 1.03 bits per heavy atom. The summed E-state index contributed by atoms with van der Waals surface area (Å²) in [5.74, 6) is -0.209. The number of phosphoric acid groups is 1. The fraction of sp³-hybridized carbons (Fsp3) is 0.816. The van der Waals surface area contributed by atoms with Crippen molar-refractivity contribution >= 4 is 13.7 Å². The molecule has 0 aliphatic rings. The van der Waals surface area contributed by atoms with E-state index in [-0.39, 0.29) is 19.1 Å². The minimum atomic E-state index is -4.56. The summed E-state index contributed by atoms with van der Waals surface area (Å²) in [6, 6.07) is -0.881. The van der Waals surface area contributed by atoms with Gasteiger partial charge in [0.25, 0.3) is 7.82 Å². The van der Waals surface area contributed by atoms with Crippen molar-refractivity contribution < 1.29 is 32.9 Å². The Hall–Kier alpha value is -1.54. The number of aliphatic hydroxyl groups is 1. The second kappa shape index (κ2) is 40.8. The van der Waals surface area contributed by atoms with Gasteiger partial charge in [-0.1, -0.05) is 197 Å². The topological polar surface area (TPSA) is 108 Å². The van der Waals surface area contributed by atoms with Crippen LogP contribution >= 0.6 is 7.82 Å². The van der Waals surface area contributed by atoms with Gasteiger partial charge in [0.05, 0.1) is 39.9 Å². The lowest BCUT2D eigenvalue weighted by Crippen LogP contribution is -2.45. The van der Waals surface area contributed by atoms with Crippen molar-refractivity contribution in [3.05, 3.63) is 48.6 Å². The Kier molecular flexibility index (Phi) is 39.8. The summed E-state index contributed by atoms with van der Waals surface area (Å²) in [7, 11) is 1.25. The summed E-state index contributed by atoms with van der Waals surface area (Å²) in [5.41, 5.74) is 0. The number of carbonyl (C=O) groups is 1. The number of likely N-dealkylation sites (N-methyl/N-ethyl adjacent to an activating group) is 1. The fourth-order valence-corrected chi connectivity index (χ4v) is 7.42. The van der Waals surface area contributed by atoms with Crippen LogP contribution in [-0.2, 0) is 18.4 Å². The lowest BCUT2D eigenvalue weighted by molar-refractivity contribution is -0.870. The van der Waals surface area contributed by atoms with Crippen LogP contribution in [0.15, 0.2) is 48.6 Å². The maximum absolute atomic E-state index is 12.7. The van der Waals surface area contributed by atoms with Crippen molar-refractivity contribution in [1.82, 2.24) is 5.32 Å². The highest BCUT2D eigenvalue weighted by atomic mass is 31.2. The van der Waals surface area contributed by atoms with Gasteiger partial charge in [-0.3, -0.25) is 9.36 Å². The monoisotopic (exact) mass is 837 g/mol. The second-order valence-electron chi connectivity index (χ2n) is 17.5. The summed E-state index contributed by atoms with van der Waals surface area (Å²) in [6.07, 6.45) is 52.8. The number of hydrogen-bond donors (Lipinski definition) is 2. The molecule has 0 bridgehead atoms. The third kappa shape index (κ3) is 42.6. The number of nitrogens with one attached hydrogen (secondary N) is 1. The molecule has 340 valence electrons. The van der Waals surface area contributed by atoms with E-state index in [1.807, 2.05) is 34.1 Å². The van der Waals surface area contributed by atoms with Gasteiger partial charge in [-0.2, -0.15) is 0 Å². The van der Waals surface area contributed by atoms with Crippen molar-refractivity contribution in [2.24, 2.45) is 0 Å². The number of aliphatic hydroxyl groups excluding tert-OH is 1. The Morgan fingerprint density at radius 1 is 0.603 bits per heavy atom. The average molecular weight is 837 g/mol. The molecular formula is C49H93N2O6P. The zero-order chi connectivity index (χ0) is 42.8. The molecule has 8 nitrogen and oxygen atoms in total. The predicted octanol–water partition coefficient (Wildman–Crippen LogP) is 13.0. The van der Waals surface area contributed by atoms with E-state index < -0.39 is 20.0 Å². The Labute approximate surface area is 359 Å². The fourth-order valence-electron chi connectivity index (χ4n) is 6.70. The summed E-state index contributed by atoms with van der Waals surface area (Å²) in [6.45, 7) is 4.41. The molecule has 58 heavy (non-hydrogen) atoms. The van der Waals surface area contributed by atoms with E-state index in [4.69, 9.17) is 9.05 Å². The Bertz CT molecular complexity index is 1090. The molecule has 0 saturated carbocycles. The molecule has 0 heterocycles. The van der Waals surface area contributed by atoms with E-state index in [1.165, 1.54) is 141 Å². The molecule has 0 radical (unpaired) electrons. The van der Waals surface area contributed by atoms with Crippen molar-refractivity contribution in [1.29, 1.82) is 0 Å². The van der Waals surface area contributed by atoms with Gasteiger partial charge in [0.1, 0.15) is 13.2 Å². The van der Waals surface area contributed by atoms with Gasteiger partial charge in [0, 0.05) is 6.42 Å². The molecule has 0 aromatic carbocycles. The molecule has 0 aliphatic carbocycles. The lowest BCUT2D eigenvalue weighted by Gasteiger charge is -2.29. The molecule has 0 spiro atoms. The van der Waals surface area contributed by atoms with Crippen LogP contribution in [0.25, 0.3) is 0 Å². The van der Waals surface area contributed by atoms with Crippen LogP contribution in [0.3, 0.4) is 0 Å². The number of unbranched alkanes of at least 4 members (excludes halogenated alkanes) is 24. The quantitative estimate of drug-likeness (QED) is 0.0274. The summed E-state index contributed by atoms with van der Waals surface area (Å²) in [4.78, 5) is 25.0. The zero-order valence-corrected chi connectivity index (χ0v) is 39.4. The first-order chi connectivity index (χ1) is 28.0. The number of quaternary nitrogens is 1. The standard InChI is InChI=1S/C49H93N2O6P/c1-6-8-10-11-12-13-14-15-16-17-18-19-20-21-22-23-24-25-26-27-28-29-30-31-32-33-34-35-36-37-38-39-41-43-49(53)50-47(48(52)42-40-9-7-2)46-57-58(54,55)56-45-44-51(3,4)5/h14-15,17-18,20-21,40,42,47-48,52H,6-13,16,19,22-39,41,43-46H2,1-5H3,(H-,50,53,54,55)/b15-14-,18-17-,21-20-,42-40+. The Balaban J connectivity index is 3.74. The molecule has 3 unspecified atom stereocenters. The van der Waals surface area contributed by atoms with Crippen LogP contribution < -0.4 is 10.2 Å². The highest BCUT2D eigenvalue weighted by Gasteiger charge is 2.23. The van der Waals surface area contributed by atoms with Gasteiger partial charge in [-0.15, -0.1) is 0 Å². The number of phosphoric ester groups is 1. The molecule has 0 rings (SSSR count). The molecular weight excluding hydrogens is 744 g/mol. The summed E-state index contributed by atoms with van der Waals surface area (Å²) < 4.78 is 22.9. The maximum Gasteiger partial charge on any atom is 0.268 e. The average Bonchev–Trinajstić information content (AvgIpc) is 3.17. The Morgan fingerprint density at radius 3 is 1.48 bits per heavy atom. The van der Waals surface area contributed by atoms with Crippen LogP contribution in [0.2, 0.25) is 0 Å². The minimum absolute atomic E-state index is 0.00290. The van der Waals surface area contributed by atoms with E-state index in [1.54, 1.807) is 6.08 Å². The highest BCUT2D eigenvalue weighted by molar-refractivity contribution is 7.45. The largest absolute Gasteiger partial charge is 0.756 e. The molecule has 9 heteroatoms. The van der Waals surface area contributed by atoms with Crippen molar-refractivity contribution in [3.63, 3.8) is 0 Å². The van der Waals surface area contributed by atoms with Crippen LogP contribution in [0.4, 0.5) is 0 Å². The van der Waals surface area contributed by atoms with E-state index in [9.17, 15) is 19.4 Å². The molecule has 3 atom stereocenters. The van der Waals surface area contributed by atoms with Gasteiger partial charge in [0.2, 0.25) is 5.91 Å². The van der Waals surface area contributed by atoms with Crippen LogP contribution in [0.5, 0.6) is 0 Å². The first-order valence-corrected chi connectivity index (χ1v) is 25.5. The first-order valence-electron chi connectivity index (χ1n) is 24.0. The number of nitrogens with zero attached hydrogens (tertiary/aromatic N) is 1. The normalized spacial score (nSPS) is 14.7. The second-order valence-corrected chi connectivity index (χ2v) is 18.9. The van der Waals surface area contributed by atoms with Crippen molar-refractivity contribution in [3.8, 4) is 0 Å².